The molecule has 2 aromatic heterocycles. The van der Waals surface area contributed by atoms with Crippen molar-refractivity contribution in [1.29, 1.82) is 0 Å². The van der Waals surface area contributed by atoms with Gasteiger partial charge in [0.25, 0.3) is 0 Å². The fourth-order valence-corrected chi connectivity index (χ4v) is 4.04. The molecule has 0 saturated carbocycles. The highest BCUT2D eigenvalue weighted by Gasteiger charge is 2.53. The Bertz CT molecular complexity index is 756. The van der Waals surface area contributed by atoms with E-state index in [0.717, 1.165) is 30.4 Å². The molecule has 2 atom stereocenters. The predicted molar refractivity (Wildman–Crippen MR) is 89.9 cm³/mol. The van der Waals surface area contributed by atoms with Crippen molar-refractivity contribution in [2.75, 3.05) is 31.2 Å². The van der Waals surface area contributed by atoms with Gasteiger partial charge in [-0.15, -0.1) is 10.2 Å². The van der Waals surface area contributed by atoms with E-state index in [9.17, 15) is 4.79 Å². The number of hydrogen-bond acceptors (Lipinski definition) is 6. The van der Waals surface area contributed by atoms with Crippen LogP contribution in [0.1, 0.15) is 18.0 Å². The van der Waals surface area contributed by atoms with Crippen LogP contribution < -0.4 is 10.6 Å². The molecule has 1 amide bonds. The van der Waals surface area contributed by atoms with Crippen molar-refractivity contribution in [2.45, 2.75) is 19.3 Å². The fraction of sp³-hybridized carbons (Fsp3) is 0.588. The molecule has 0 aliphatic carbocycles. The maximum absolute atomic E-state index is 12.1. The SMILES string of the molecule is Cn1c(CCc2ccco2)nnc1N1C[C@@H]2COCC[C@]2(C(N)=O)C1. The van der Waals surface area contributed by atoms with E-state index in [0.29, 0.717) is 32.7 Å². The van der Waals surface area contributed by atoms with Crippen LogP contribution in [0.25, 0.3) is 0 Å². The third kappa shape index (κ3) is 2.70. The Morgan fingerprint density at radius 2 is 2.32 bits per heavy atom. The van der Waals surface area contributed by atoms with Crippen LogP contribution in [0, 0.1) is 11.3 Å². The van der Waals surface area contributed by atoms with Gasteiger partial charge < -0.3 is 24.4 Å². The van der Waals surface area contributed by atoms with E-state index in [1.807, 2.05) is 23.7 Å². The van der Waals surface area contributed by atoms with Gasteiger partial charge in [-0.25, -0.2) is 0 Å². The molecular formula is C17H23N5O3. The van der Waals surface area contributed by atoms with E-state index in [1.54, 1.807) is 6.26 Å². The second-order valence-electron chi connectivity index (χ2n) is 6.98. The number of hydrogen-bond donors (Lipinski definition) is 1. The maximum atomic E-state index is 12.1. The van der Waals surface area contributed by atoms with Crippen molar-refractivity contribution in [3.63, 3.8) is 0 Å². The van der Waals surface area contributed by atoms with Gasteiger partial charge in [-0.3, -0.25) is 4.79 Å². The van der Waals surface area contributed by atoms with E-state index >= 15 is 0 Å². The summed E-state index contributed by atoms with van der Waals surface area (Å²) in [5, 5.41) is 8.69. The quantitative estimate of drug-likeness (QED) is 0.848. The molecule has 0 bridgehead atoms. The summed E-state index contributed by atoms with van der Waals surface area (Å²) in [6.07, 6.45) is 3.88. The topological polar surface area (TPSA) is 99.4 Å². The summed E-state index contributed by atoms with van der Waals surface area (Å²) < 4.78 is 12.9. The number of nitrogens with two attached hydrogens (primary N) is 1. The first-order valence-electron chi connectivity index (χ1n) is 8.63. The highest BCUT2D eigenvalue weighted by molar-refractivity contribution is 5.83. The van der Waals surface area contributed by atoms with Crippen molar-refractivity contribution < 1.29 is 13.9 Å². The second kappa shape index (κ2) is 6.18. The minimum Gasteiger partial charge on any atom is -0.469 e. The van der Waals surface area contributed by atoms with Crippen molar-refractivity contribution in [3.8, 4) is 0 Å². The largest absolute Gasteiger partial charge is 0.469 e. The zero-order valence-corrected chi connectivity index (χ0v) is 14.4. The van der Waals surface area contributed by atoms with Crippen LogP contribution >= 0.6 is 0 Å². The summed E-state index contributed by atoms with van der Waals surface area (Å²) in [6, 6.07) is 3.84. The summed E-state index contributed by atoms with van der Waals surface area (Å²) >= 11 is 0. The molecule has 2 fully saturated rings. The van der Waals surface area contributed by atoms with Gasteiger partial charge in [-0.05, 0) is 18.6 Å². The number of amides is 1. The average molecular weight is 345 g/mol. The molecule has 2 aromatic rings. The Balaban J connectivity index is 1.52. The molecular weight excluding hydrogens is 322 g/mol. The van der Waals surface area contributed by atoms with E-state index in [-0.39, 0.29) is 11.8 Å². The van der Waals surface area contributed by atoms with Crippen molar-refractivity contribution in [2.24, 2.45) is 24.1 Å². The van der Waals surface area contributed by atoms with Crippen molar-refractivity contribution in [3.05, 3.63) is 30.0 Å². The molecule has 8 nitrogen and oxygen atoms in total. The molecule has 0 radical (unpaired) electrons. The molecule has 0 aromatic carbocycles. The van der Waals surface area contributed by atoms with Gasteiger partial charge in [-0.1, -0.05) is 0 Å². The molecule has 8 heteroatoms. The third-order valence-electron chi connectivity index (χ3n) is 5.60. The van der Waals surface area contributed by atoms with Crippen LogP contribution in [0.3, 0.4) is 0 Å². The Morgan fingerprint density at radius 1 is 1.44 bits per heavy atom. The van der Waals surface area contributed by atoms with Crippen LogP contribution in [-0.4, -0.2) is 47.0 Å². The summed E-state index contributed by atoms with van der Waals surface area (Å²) in [7, 11) is 1.96. The van der Waals surface area contributed by atoms with Crippen molar-refractivity contribution >= 4 is 11.9 Å². The number of rotatable bonds is 5. The predicted octanol–water partition coefficient (Wildman–Crippen LogP) is 0.522. The van der Waals surface area contributed by atoms with E-state index in [1.165, 1.54) is 0 Å². The lowest BCUT2D eigenvalue weighted by Crippen LogP contribution is -2.48. The molecule has 4 heterocycles. The van der Waals surface area contributed by atoms with Gasteiger partial charge >= 0.3 is 0 Å². The minimum absolute atomic E-state index is 0.113. The number of carbonyl (C=O) groups excluding carboxylic acids is 1. The summed E-state index contributed by atoms with van der Waals surface area (Å²) in [4.78, 5) is 14.3. The van der Waals surface area contributed by atoms with Crippen molar-refractivity contribution in [1.82, 2.24) is 14.8 Å². The summed E-state index contributed by atoms with van der Waals surface area (Å²) in [5.74, 6) is 2.49. The third-order valence-corrected chi connectivity index (χ3v) is 5.60. The first-order valence-corrected chi connectivity index (χ1v) is 8.63. The number of anilines is 1. The lowest BCUT2D eigenvalue weighted by Gasteiger charge is -2.34. The highest BCUT2D eigenvalue weighted by atomic mass is 16.5. The normalized spacial score (nSPS) is 26.0. The zero-order chi connectivity index (χ0) is 17.4. The first kappa shape index (κ1) is 16.1. The molecule has 2 aliphatic heterocycles. The minimum atomic E-state index is -0.515. The molecule has 0 spiro atoms. The van der Waals surface area contributed by atoms with E-state index in [2.05, 4.69) is 15.1 Å². The Morgan fingerprint density at radius 3 is 3.04 bits per heavy atom. The Labute approximate surface area is 145 Å². The summed E-state index contributed by atoms with van der Waals surface area (Å²) in [6.45, 7) is 2.46. The number of aromatic nitrogens is 3. The zero-order valence-electron chi connectivity index (χ0n) is 14.4. The van der Waals surface area contributed by atoms with Crippen LogP contribution in [0.15, 0.2) is 22.8 Å². The fourth-order valence-electron chi connectivity index (χ4n) is 4.04. The van der Waals surface area contributed by atoms with Gasteiger partial charge in [0, 0.05) is 45.5 Å². The van der Waals surface area contributed by atoms with Crippen LogP contribution in [0.5, 0.6) is 0 Å². The second-order valence-corrected chi connectivity index (χ2v) is 6.98. The highest BCUT2D eigenvalue weighted by Crippen LogP contribution is 2.43. The molecule has 4 rings (SSSR count). The van der Waals surface area contributed by atoms with Gasteiger partial charge in [0.2, 0.25) is 11.9 Å². The van der Waals surface area contributed by atoms with Gasteiger partial charge in [0.15, 0.2) is 0 Å². The number of nitrogens with zero attached hydrogens (tertiary/aromatic N) is 4. The lowest BCUT2D eigenvalue weighted by molar-refractivity contribution is -0.135. The Hall–Kier alpha value is -2.35. The number of aryl methyl sites for hydroxylation is 2. The number of ether oxygens (including phenoxy) is 1. The van der Waals surface area contributed by atoms with Gasteiger partial charge in [0.1, 0.15) is 11.6 Å². The molecule has 25 heavy (non-hydrogen) atoms. The van der Waals surface area contributed by atoms with E-state index in [4.69, 9.17) is 14.9 Å². The molecule has 2 N–H and O–H groups in total. The first-order chi connectivity index (χ1) is 12.1. The molecule has 2 aliphatic rings. The summed E-state index contributed by atoms with van der Waals surface area (Å²) in [5.41, 5.74) is 5.24. The number of furan rings is 1. The molecule has 0 unspecified atom stereocenters. The monoisotopic (exact) mass is 345 g/mol. The number of carbonyl (C=O) groups is 1. The molecule has 134 valence electrons. The van der Waals surface area contributed by atoms with Gasteiger partial charge in [0.05, 0.1) is 18.3 Å². The lowest BCUT2D eigenvalue weighted by atomic mass is 9.74. The van der Waals surface area contributed by atoms with E-state index < -0.39 is 5.41 Å². The number of primary amides is 1. The number of fused-ring (bicyclic) bond motifs is 1. The maximum Gasteiger partial charge on any atom is 0.227 e. The van der Waals surface area contributed by atoms with Gasteiger partial charge in [-0.2, -0.15) is 0 Å². The smallest absolute Gasteiger partial charge is 0.227 e. The van der Waals surface area contributed by atoms with Crippen LogP contribution in [0.4, 0.5) is 5.95 Å². The Kier molecular flexibility index (Phi) is 3.99. The molecule has 2 saturated heterocycles. The van der Waals surface area contributed by atoms with Crippen LogP contribution in [0.2, 0.25) is 0 Å². The standard InChI is InChI=1S/C17H23N5O3/c1-21-14(5-4-13-3-2-7-25-13)19-20-16(21)22-9-12-10-24-8-6-17(12,11-22)15(18)23/h2-3,7,12H,4-6,8-11H2,1H3,(H2,18,23)/t12-,17+/m1/s1. The average Bonchev–Trinajstić information content (AvgIpc) is 3.31. The van der Waals surface area contributed by atoms with Crippen LogP contribution in [-0.2, 0) is 29.4 Å².